The van der Waals surface area contributed by atoms with Crippen molar-refractivity contribution in [3.63, 3.8) is 0 Å². The average Bonchev–Trinajstić information content (AvgIpc) is 2.93. The topological polar surface area (TPSA) is 57.1 Å². The molecular weight excluding hydrogens is 314 g/mol. The Morgan fingerprint density at radius 3 is 2.74 bits per heavy atom. The van der Waals surface area contributed by atoms with Gasteiger partial charge in [0.1, 0.15) is 9.88 Å². The minimum absolute atomic E-state index is 0.310. The molecule has 2 rings (SSSR count). The molecule has 1 heterocycles. The van der Waals surface area contributed by atoms with E-state index in [1.165, 1.54) is 11.3 Å². The third-order valence-electron chi connectivity index (χ3n) is 3.13. The van der Waals surface area contributed by atoms with Gasteiger partial charge in [-0.1, -0.05) is 6.07 Å². The molecule has 0 unspecified atom stereocenters. The number of ether oxygens (including phenoxy) is 3. The summed E-state index contributed by atoms with van der Waals surface area (Å²) >= 11 is 1.31. The monoisotopic (exact) mass is 333 g/mol. The molecule has 0 aliphatic carbocycles. The van der Waals surface area contributed by atoms with Crippen LogP contribution in [0.3, 0.4) is 0 Å². The summed E-state index contributed by atoms with van der Waals surface area (Å²) in [7, 11) is 3.18. The van der Waals surface area contributed by atoms with Gasteiger partial charge < -0.3 is 14.2 Å². The SMILES string of the molecule is CCOC(=O)c1sc(N=Cc2cccc(OC)c2OC)cc1C. The second-order valence-corrected chi connectivity index (χ2v) is 5.69. The van der Waals surface area contributed by atoms with E-state index in [1.54, 1.807) is 27.4 Å². The Morgan fingerprint density at radius 2 is 2.09 bits per heavy atom. The summed E-state index contributed by atoms with van der Waals surface area (Å²) in [5, 5.41) is 0.732. The second kappa shape index (κ2) is 7.78. The van der Waals surface area contributed by atoms with E-state index >= 15 is 0 Å². The lowest BCUT2D eigenvalue weighted by Crippen LogP contribution is -2.03. The highest BCUT2D eigenvalue weighted by Gasteiger charge is 2.14. The van der Waals surface area contributed by atoms with E-state index in [2.05, 4.69) is 4.99 Å². The van der Waals surface area contributed by atoms with E-state index < -0.39 is 0 Å². The van der Waals surface area contributed by atoms with Crippen molar-refractivity contribution >= 4 is 28.5 Å². The van der Waals surface area contributed by atoms with Crippen LogP contribution in [-0.2, 0) is 4.74 Å². The van der Waals surface area contributed by atoms with Crippen LogP contribution in [0.15, 0.2) is 29.3 Å². The Labute approximate surface area is 139 Å². The number of thiophene rings is 1. The number of carbonyl (C=O) groups excluding carboxylic acids is 1. The zero-order chi connectivity index (χ0) is 16.8. The number of para-hydroxylation sites is 1. The summed E-state index contributed by atoms with van der Waals surface area (Å²) in [5.74, 6) is 0.957. The standard InChI is InChI=1S/C17H19NO4S/c1-5-22-17(19)16-11(2)9-14(23-16)18-10-12-7-6-8-13(20-3)15(12)21-4/h6-10H,5H2,1-4H3. The number of hydrogen-bond acceptors (Lipinski definition) is 6. The van der Waals surface area contributed by atoms with Gasteiger partial charge in [-0.05, 0) is 37.6 Å². The lowest BCUT2D eigenvalue weighted by Gasteiger charge is -2.09. The molecule has 0 bridgehead atoms. The largest absolute Gasteiger partial charge is 0.493 e. The van der Waals surface area contributed by atoms with Crippen molar-refractivity contribution in [2.75, 3.05) is 20.8 Å². The van der Waals surface area contributed by atoms with Gasteiger partial charge in [-0.25, -0.2) is 9.79 Å². The summed E-state index contributed by atoms with van der Waals surface area (Å²) < 4.78 is 15.7. The first kappa shape index (κ1) is 17.0. The number of nitrogens with zero attached hydrogens (tertiary/aromatic N) is 1. The number of carbonyl (C=O) groups is 1. The van der Waals surface area contributed by atoms with Crippen molar-refractivity contribution in [3.05, 3.63) is 40.3 Å². The van der Waals surface area contributed by atoms with Crippen LogP contribution in [0.25, 0.3) is 0 Å². The number of aryl methyl sites for hydroxylation is 1. The number of hydrogen-bond donors (Lipinski definition) is 0. The lowest BCUT2D eigenvalue weighted by atomic mass is 10.2. The molecule has 0 N–H and O–H groups in total. The fourth-order valence-electron chi connectivity index (χ4n) is 2.08. The van der Waals surface area contributed by atoms with Crippen LogP contribution in [0, 0.1) is 6.92 Å². The Hall–Kier alpha value is -2.34. The highest BCUT2D eigenvalue weighted by molar-refractivity contribution is 7.17. The summed E-state index contributed by atoms with van der Waals surface area (Å²) in [6, 6.07) is 7.44. The first-order valence-corrected chi connectivity index (χ1v) is 7.95. The minimum Gasteiger partial charge on any atom is -0.493 e. The van der Waals surface area contributed by atoms with E-state index in [0.717, 1.165) is 16.1 Å². The van der Waals surface area contributed by atoms with E-state index in [4.69, 9.17) is 14.2 Å². The van der Waals surface area contributed by atoms with Crippen LogP contribution in [0.1, 0.15) is 27.7 Å². The molecule has 122 valence electrons. The predicted octanol–water partition coefficient (Wildman–Crippen LogP) is 4.00. The molecule has 0 atom stereocenters. The Morgan fingerprint density at radius 1 is 1.30 bits per heavy atom. The van der Waals surface area contributed by atoms with E-state index in [-0.39, 0.29) is 5.97 Å². The van der Waals surface area contributed by atoms with Gasteiger partial charge in [-0.2, -0.15) is 0 Å². The molecule has 6 heteroatoms. The number of rotatable bonds is 6. The van der Waals surface area contributed by atoms with Crippen molar-refractivity contribution in [3.8, 4) is 11.5 Å². The predicted molar refractivity (Wildman–Crippen MR) is 91.8 cm³/mol. The highest BCUT2D eigenvalue weighted by Crippen LogP contribution is 2.32. The molecule has 0 aliphatic rings. The maximum absolute atomic E-state index is 11.8. The second-order valence-electron chi connectivity index (χ2n) is 4.66. The third-order valence-corrected chi connectivity index (χ3v) is 4.26. The zero-order valence-electron chi connectivity index (χ0n) is 13.6. The molecular formula is C17H19NO4S. The summed E-state index contributed by atoms with van der Waals surface area (Å²) in [4.78, 5) is 16.9. The van der Waals surface area contributed by atoms with Crippen LogP contribution in [0.5, 0.6) is 11.5 Å². The van der Waals surface area contributed by atoms with Crippen molar-refractivity contribution < 1.29 is 19.0 Å². The third kappa shape index (κ3) is 3.90. The fraction of sp³-hybridized carbons (Fsp3) is 0.294. The first-order chi connectivity index (χ1) is 11.1. The number of esters is 1. The van der Waals surface area contributed by atoms with Crippen molar-refractivity contribution in [1.82, 2.24) is 0 Å². The Bertz CT molecular complexity index is 721. The maximum Gasteiger partial charge on any atom is 0.348 e. The zero-order valence-corrected chi connectivity index (χ0v) is 14.4. The number of methoxy groups -OCH3 is 2. The average molecular weight is 333 g/mol. The molecule has 0 aliphatic heterocycles. The molecule has 0 amide bonds. The van der Waals surface area contributed by atoms with E-state index in [1.807, 2.05) is 31.2 Å². The van der Waals surface area contributed by atoms with Crippen LogP contribution >= 0.6 is 11.3 Å². The van der Waals surface area contributed by atoms with Crippen molar-refractivity contribution in [2.45, 2.75) is 13.8 Å². The first-order valence-electron chi connectivity index (χ1n) is 7.13. The van der Waals surface area contributed by atoms with Gasteiger partial charge in [-0.3, -0.25) is 0 Å². The van der Waals surface area contributed by atoms with Gasteiger partial charge in [-0.15, -0.1) is 11.3 Å². The lowest BCUT2D eigenvalue weighted by molar-refractivity contribution is 0.0531. The smallest absolute Gasteiger partial charge is 0.348 e. The Kier molecular flexibility index (Phi) is 5.76. The summed E-state index contributed by atoms with van der Waals surface area (Å²) in [6.45, 7) is 4.01. The van der Waals surface area contributed by atoms with E-state index in [0.29, 0.717) is 23.0 Å². The maximum atomic E-state index is 11.8. The van der Waals surface area contributed by atoms with Crippen molar-refractivity contribution in [1.29, 1.82) is 0 Å². The fourth-order valence-corrected chi connectivity index (χ4v) is 2.99. The van der Waals surface area contributed by atoms with Crippen LogP contribution < -0.4 is 9.47 Å². The number of benzene rings is 1. The van der Waals surface area contributed by atoms with Crippen molar-refractivity contribution in [2.24, 2.45) is 4.99 Å². The highest BCUT2D eigenvalue weighted by atomic mass is 32.1. The van der Waals surface area contributed by atoms with Gasteiger partial charge in [0.25, 0.3) is 0 Å². The molecule has 0 fully saturated rings. The normalized spacial score (nSPS) is 10.8. The molecule has 0 saturated heterocycles. The van der Waals surface area contributed by atoms with Crippen LogP contribution in [-0.4, -0.2) is 33.0 Å². The molecule has 0 spiro atoms. The van der Waals surface area contributed by atoms with Gasteiger partial charge in [0.2, 0.25) is 0 Å². The van der Waals surface area contributed by atoms with Gasteiger partial charge in [0.05, 0.1) is 20.8 Å². The molecule has 0 radical (unpaired) electrons. The Balaban J connectivity index is 2.28. The van der Waals surface area contributed by atoms with E-state index in [9.17, 15) is 4.79 Å². The number of aliphatic imine (C=N–C) groups is 1. The van der Waals surface area contributed by atoms with Crippen LogP contribution in [0.4, 0.5) is 5.00 Å². The molecule has 23 heavy (non-hydrogen) atoms. The van der Waals surface area contributed by atoms with Gasteiger partial charge >= 0.3 is 5.97 Å². The minimum atomic E-state index is -0.310. The summed E-state index contributed by atoms with van der Waals surface area (Å²) in [5.41, 5.74) is 1.66. The molecule has 1 aromatic heterocycles. The van der Waals surface area contributed by atoms with Gasteiger partial charge in [0, 0.05) is 11.8 Å². The molecule has 2 aromatic rings. The van der Waals surface area contributed by atoms with Crippen LogP contribution in [0.2, 0.25) is 0 Å². The molecule has 5 nitrogen and oxygen atoms in total. The quantitative estimate of drug-likeness (QED) is 0.592. The molecule has 1 aromatic carbocycles. The van der Waals surface area contributed by atoms with Gasteiger partial charge in [0.15, 0.2) is 11.5 Å². The molecule has 0 saturated carbocycles. The summed E-state index contributed by atoms with van der Waals surface area (Å²) in [6.07, 6.45) is 1.70.